The molecule has 4 N–H and O–H groups in total. The topological polar surface area (TPSA) is 88.2 Å². The molecular formula is C15H22ClN3O2S3. The fourth-order valence-corrected chi connectivity index (χ4v) is 4.37. The van der Waals surface area contributed by atoms with Crippen LogP contribution in [-0.2, 0) is 0 Å². The van der Waals surface area contributed by atoms with Crippen molar-refractivity contribution in [2.45, 2.75) is 36.8 Å². The molecule has 0 bridgehead atoms. The minimum Gasteiger partial charge on any atom is -0.391 e. The summed E-state index contributed by atoms with van der Waals surface area (Å²) in [7, 11) is 0. The van der Waals surface area contributed by atoms with Crippen LogP contribution in [0.2, 0.25) is 0 Å². The molecule has 0 aliphatic rings. The average Bonchev–Trinajstić information content (AvgIpc) is 3.10. The summed E-state index contributed by atoms with van der Waals surface area (Å²) in [5.41, 5.74) is 6.11. The number of hydrogen-bond donors (Lipinski definition) is 3. The first-order valence-corrected chi connectivity index (χ1v) is 9.84. The van der Waals surface area contributed by atoms with Gasteiger partial charge in [0.2, 0.25) is 0 Å². The molecule has 0 radical (unpaired) electrons. The van der Waals surface area contributed by atoms with Crippen molar-refractivity contribution in [1.29, 1.82) is 0 Å². The van der Waals surface area contributed by atoms with E-state index in [-0.39, 0.29) is 17.9 Å². The predicted octanol–water partition coefficient (Wildman–Crippen LogP) is 3.23. The fraction of sp³-hybridized carbons (Fsp3) is 0.467. The fourth-order valence-electron chi connectivity index (χ4n) is 1.70. The largest absolute Gasteiger partial charge is 0.391 e. The van der Waals surface area contributed by atoms with Gasteiger partial charge in [0.1, 0.15) is 0 Å². The first-order valence-electron chi connectivity index (χ1n) is 7.16. The van der Waals surface area contributed by atoms with E-state index < -0.39 is 12.0 Å². The Hall–Kier alpha value is -0.640. The highest BCUT2D eigenvalue weighted by Crippen LogP contribution is 2.32. The van der Waals surface area contributed by atoms with E-state index in [0.717, 1.165) is 14.9 Å². The van der Waals surface area contributed by atoms with Crippen LogP contribution in [0.15, 0.2) is 21.9 Å². The lowest BCUT2D eigenvalue weighted by Crippen LogP contribution is -2.41. The molecule has 0 aliphatic heterocycles. The Kier molecular flexibility index (Phi) is 8.17. The summed E-state index contributed by atoms with van der Waals surface area (Å²) in [5, 5.41) is 15.2. The van der Waals surface area contributed by atoms with Crippen molar-refractivity contribution in [3.63, 3.8) is 0 Å². The molecule has 2 heterocycles. The zero-order valence-corrected chi connectivity index (χ0v) is 17.0. The van der Waals surface area contributed by atoms with Crippen LogP contribution in [0.3, 0.4) is 0 Å². The zero-order valence-electron chi connectivity index (χ0n) is 13.7. The second-order valence-corrected chi connectivity index (χ2v) is 9.33. The molecule has 2 aromatic rings. The Labute approximate surface area is 160 Å². The number of halogens is 1. The standard InChI is InChI=1S/C15H21N3O2S3.ClH/c1-15(2,3)17-6-9(19)7-21-14-18-10(8-22-14)11-4-5-12(23-11)13(16)20;/h4-5,8-9,17,19H,6-7H2,1-3H3,(H2,16,20);1H/t9-;/m1./s1. The van der Waals surface area contributed by atoms with Gasteiger partial charge in [-0.05, 0) is 32.9 Å². The first kappa shape index (κ1) is 21.4. The number of carbonyl (C=O) groups excluding carboxylic acids is 1. The number of β-amino-alcohol motifs (C(OH)–C–C–N with tert-alkyl or cyclic N) is 1. The number of aliphatic hydroxyl groups is 1. The number of nitrogens with zero attached hydrogens (tertiary/aromatic N) is 1. The molecule has 1 atom stereocenters. The van der Waals surface area contributed by atoms with Gasteiger partial charge >= 0.3 is 0 Å². The lowest BCUT2D eigenvalue weighted by Gasteiger charge is -2.22. The van der Waals surface area contributed by atoms with Crippen LogP contribution in [0.5, 0.6) is 0 Å². The van der Waals surface area contributed by atoms with Crippen LogP contribution in [0.4, 0.5) is 0 Å². The number of hydrogen-bond acceptors (Lipinski definition) is 7. The molecule has 24 heavy (non-hydrogen) atoms. The number of thiophene rings is 1. The van der Waals surface area contributed by atoms with Gasteiger partial charge in [-0.25, -0.2) is 4.98 Å². The Morgan fingerprint density at radius 3 is 2.75 bits per heavy atom. The molecule has 0 unspecified atom stereocenters. The number of aromatic nitrogens is 1. The normalized spacial score (nSPS) is 12.7. The average molecular weight is 408 g/mol. The summed E-state index contributed by atoms with van der Waals surface area (Å²) >= 11 is 4.42. The van der Waals surface area contributed by atoms with E-state index in [0.29, 0.717) is 17.2 Å². The number of nitrogens with one attached hydrogen (secondary N) is 1. The molecule has 9 heteroatoms. The maximum absolute atomic E-state index is 11.1. The molecule has 2 rings (SSSR count). The van der Waals surface area contributed by atoms with Crippen molar-refractivity contribution in [2.24, 2.45) is 5.73 Å². The van der Waals surface area contributed by atoms with Gasteiger partial charge in [0.25, 0.3) is 5.91 Å². The molecule has 5 nitrogen and oxygen atoms in total. The van der Waals surface area contributed by atoms with E-state index in [1.165, 1.54) is 34.4 Å². The number of carbonyl (C=O) groups is 1. The quantitative estimate of drug-likeness (QED) is 0.613. The Bertz CT molecular complexity index is 667. The van der Waals surface area contributed by atoms with Gasteiger partial charge in [-0.2, -0.15) is 0 Å². The summed E-state index contributed by atoms with van der Waals surface area (Å²) in [6, 6.07) is 3.58. The van der Waals surface area contributed by atoms with Gasteiger partial charge in [0.15, 0.2) is 4.34 Å². The number of aliphatic hydroxyl groups excluding tert-OH is 1. The monoisotopic (exact) mass is 407 g/mol. The molecule has 134 valence electrons. The van der Waals surface area contributed by atoms with Crippen LogP contribution in [0.25, 0.3) is 10.6 Å². The van der Waals surface area contributed by atoms with E-state index >= 15 is 0 Å². The highest BCUT2D eigenvalue weighted by molar-refractivity contribution is 8.01. The van der Waals surface area contributed by atoms with Crippen LogP contribution in [0.1, 0.15) is 30.4 Å². The predicted molar refractivity (Wildman–Crippen MR) is 106 cm³/mol. The van der Waals surface area contributed by atoms with E-state index in [4.69, 9.17) is 5.73 Å². The number of rotatable bonds is 7. The molecule has 0 aliphatic carbocycles. The van der Waals surface area contributed by atoms with Crippen molar-refractivity contribution in [3.05, 3.63) is 22.4 Å². The van der Waals surface area contributed by atoms with Gasteiger partial charge in [0.05, 0.1) is 21.6 Å². The van der Waals surface area contributed by atoms with Gasteiger partial charge in [-0.1, -0.05) is 11.8 Å². The third-order valence-corrected chi connectivity index (χ3v) is 6.14. The summed E-state index contributed by atoms with van der Waals surface area (Å²) < 4.78 is 0.906. The number of amides is 1. The molecular weight excluding hydrogens is 386 g/mol. The van der Waals surface area contributed by atoms with Crippen LogP contribution in [0, 0.1) is 0 Å². The second-order valence-electron chi connectivity index (χ2n) is 6.12. The number of thioether (sulfide) groups is 1. The maximum Gasteiger partial charge on any atom is 0.258 e. The Morgan fingerprint density at radius 2 is 2.17 bits per heavy atom. The van der Waals surface area contributed by atoms with Crippen molar-refractivity contribution >= 4 is 52.7 Å². The summed E-state index contributed by atoms with van der Waals surface area (Å²) in [6.07, 6.45) is -0.422. The molecule has 1 amide bonds. The Morgan fingerprint density at radius 1 is 1.46 bits per heavy atom. The highest BCUT2D eigenvalue weighted by Gasteiger charge is 2.14. The molecule has 0 aromatic carbocycles. The van der Waals surface area contributed by atoms with Gasteiger partial charge < -0.3 is 16.2 Å². The molecule has 0 spiro atoms. The SMILES string of the molecule is CC(C)(C)NC[C@@H](O)CSc1nc(-c2ccc(C(N)=O)s2)cs1.Cl. The van der Waals surface area contributed by atoms with E-state index in [1.807, 2.05) is 11.4 Å². The minimum absolute atomic E-state index is 0. The van der Waals surface area contributed by atoms with Crippen LogP contribution in [-0.4, -0.2) is 39.9 Å². The molecule has 0 fully saturated rings. The number of primary amides is 1. The van der Waals surface area contributed by atoms with Gasteiger partial charge in [-0.3, -0.25) is 4.79 Å². The molecule has 2 aromatic heterocycles. The Balaban J connectivity index is 0.00000288. The van der Waals surface area contributed by atoms with Gasteiger partial charge in [-0.15, -0.1) is 35.1 Å². The summed E-state index contributed by atoms with van der Waals surface area (Å²) in [6.45, 7) is 6.77. The smallest absolute Gasteiger partial charge is 0.258 e. The zero-order chi connectivity index (χ0) is 17.0. The lowest BCUT2D eigenvalue weighted by atomic mass is 10.1. The highest BCUT2D eigenvalue weighted by atomic mass is 35.5. The van der Waals surface area contributed by atoms with Crippen molar-refractivity contribution in [2.75, 3.05) is 12.3 Å². The minimum atomic E-state index is -0.422. The lowest BCUT2D eigenvalue weighted by molar-refractivity contribution is 0.100. The van der Waals surface area contributed by atoms with Gasteiger partial charge in [0, 0.05) is 23.2 Å². The first-order chi connectivity index (χ1) is 10.7. The maximum atomic E-state index is 11.1. The van der Waals surface area contributed by atoms with Crippen molar-refractivity contribution < 1.29 is 9.90 Å². The third kappa shape index (κ3) is 6.70. The van der Waals surface area contributed by atoms with E-state index in [9.17, 15) is 9.90 Å². The van der Waals surface area contributed by atoms with Crippen LogP contribution < -0.4 is 11.1 Å². The van der Waals surface area contributed by atoms with Crippen LogP contribution >= 0.6 is 46.8 Å². The summed E-state index contributed by atoms with van der Waals surface area (Å²) in [4.78, 5) is 17.1. The molecule has 0 saturated carbocycles. The number of nitrogens with two attached hydrogens (primary N) is 1. The van der Waals surface area contributed by atoms with Crippen molar-refractivity contribution in [1.82, 2.24) is 10.3 Å². The van der Waals surface area contributed by atoms with Crippen molar-refractivity contribution in [3.8, 4) is 10.6 Å². The second kappa shape index (κ2) is 9.17. The van der Waals surface area contributed by atoms with E-state index in [2.05, 4.69) is 31.1 Å². The molecule has 0 saturated heterocycles. The number of thiazole rings is 1. The third-order valence-electron chi connectivity index (χ3n) is 2.85. The summed E-state index contributed by atoms with van der Waals surface area (Å²) in [5.74, 6) is 0.174. The van der Waals surface area contributed by atoms with E-state index in [1.54, 1.807) is 6.07 Å².